The zero-order chi connectivity index (χ0) is 14.8. The summed E-state index contributed by atoms with van der Waals surface area (Å²) in [7, 11) is 1.61. The fourth-order valence-electron chi connectivity index (χ4n) is 1.45. The molecule has 1 rings (SSSR count). The van der Waals surface area contributed by atoms with Gasteiger partial charge in [0.05, 0.1) is 7.11 Å². The topological polar surface area (TPSA) is 55.4 Å². The van der Waals surface area contributed by atoms with Crippen LogP contribution in [0.2, 0.25) is 0 Å². The first-order valence-electron chi connectivity index (χ1n) is 6.35. The number of carbonyl (C=O) groups excluding carboxylic acids is 2. The lowest BCUT2D eigenvalue weighted by atomic mass is 10.2. The first kappa shape index (κ1) is 16.3. The maximum Gasteiger partial charge on any atom is 0.243 e. The number of ether oxygens (including phenoxy) is 1. The molecule has 20 heavy (non-hydrogen) atoms. The molecule has 0 fully saturated rings. The van der Waals surface area contributed by atoms with Crippen molar-refractivity contribution < 1.29 is 14.3 Å². The van der Waals surface area contributed by atoms with Gasteiger partial charge in [-0.1, -0.05) is 23.9 Å². The Kier molecular flexibility index (Phi) is 7.50. The average Bonchev–Trinajstić information content (AvgIpc) is 2.45. The molecule has 0 atom stereocenters. The summed E-state index contributed by atoms with van der Waals surface area (Å²) in [6.45, 7) is 2.12. The molecular weight excluding hydrogens is 274 g/mol. The number of amides is 1. The van der Waals surface area contributed by atoms with E-state index in [1.807, 2.05) is 24.3 Å². The largest absolute Gasteiger partial charge is 0.497 e. The molecule has 1 amide bonds. The normalized spacial score (nSPS) is 10.5. The molecule has 0 spiro atoms. The van der Waals surface area contributed by atoms with Gasteiger partial charge < -0.3 is 10.1 Å². The second-order valence-electron chi connectivity index (χ2n) is 4.09. The van der Waals surface area contributed by atoms with E-state index in [1.165, 1.54) is 17.8 Å². The van der Waals surface area contributed by atoms with E-state index in [9.17, 15) is 9.59 Å². The minimum Gasteiger partial charge on any atom is -0.497 e. The van der Waals surface area contributed by atoms with Crippen molar-refractivity contribution in [1.82, 2.24) is 5.32 Å². The van der Waals surface area contributed by atoms with E-state index in [4.69, 9.17) is 4.74 Å². The molecule has 108 valence electrons. The van der Waals surface area contributed by atoms with Crippen LogP contribution in [0.15, 0.2) is 30.3 Å². The van der Waals surface area contributed by atoms with Crippen molar-refractivity contribution in [1.29, 1.82) is 0 Å². The number of hydrogen-bond acceptors (Lipinski definition) is 4. The van der Waals surface area contributed by atoms with Gasteiger partial charge in [0.2, 0.25) is 5.91 Å². The lowest BCUT2D eigenvalue weighted by molar-refractivity contribution is -0.116. The van der Waals surface area contributed by atoms with Crippen molar-refractivity contribution in [2.24, 2.45) is 0 Å². The zero-order valence-corrected chi connectivity index (χ0v) is 12.5. The monoisotopic (exact) mass is 293 g/mol. The highest BCUT2D eigenvalue weighted by atomic mass is 32.2. The summed E-state index contributed by atoms with van der Waals surface area (Å²) >= 11 is 1.28. The van der Waals surface area contributed by atoms with E-state index in [0.29, 0.717) is 6.54 Å². The Morgan fingerprint density at radius 2 is 2.00 bits per heavy atom. The second kappa shape index (κ2) is 9.20. The number of rotatable bonds is 7. The Hall–Kier alpha value is -1.75. The molecule has 0 aliphatic rings. The molecule has 0 bridgehead atoms. The van der Waals surface area contributed by atoms with Gasteiger partial charge in [-0.15, -0.1) is 0 Å². The molecular formula is C15H19NO3S. The van der Waals surface area contributed by atoms with Crippen LogP contribution in [0.3, 0.4) is 0 Å². The Morgan fingerprint density at radius 1 is 1.30 bits per heavy atom. The predicted molar refractivity (Wildman–Crippen MR) is 82.8 cm³/mol. The summed E-state index contributed by atoms with van der Waals surface area (Å²) in [4.78, 5) is 22.2. The van der Waals surface area contributed by atoms with Crippen LogP contribution in [0.25, 0.3) is 6.08 Å². The summed E-state index contributed by atoms with van der Waals surface area (Å²) in [6, 6.07) is 7.45. The van der Waals surface area contributed by atoms with Crippen LogP contribution in [-0.2, 0) is 9.59 Å². The molecule has 1 N–H and O–H groups in total. The van der Waals surface area contributed by atoms with Gasteiger partial charge in [-0.3, -0.25) is 9.59 Å². The second-order valence-corrected chi connectivity index (χ2v) is 5.36. The van der Waals surface area contributed by atoms with Crippen LogP contribution in [0.4, 0.5) is 0 Å². The molecule has 0 aliphatic carbocycles. The molecule has 0 aliphatic heterocycles. The summed E-state index contributed by atoms with van der Waals surface area (Å²) < 4.78 is 5.06. The Morgan fingerprint density at radius 3 is 2.60 bits per heavy atom. The number of hydrogen-bond donors (Lipinski definition) is 1. The van der Waals surface area contributed by atoms with Crippen molar-refractivity contribution in [3.63, 3.8) is 0 Å². The third-order valence-electron chi connectivity index (χ3n) is 2.47. The average molecular weight is 293 g/mol. The maximum absolute atomic E-state index is 11.5. The summed E-state index contributed by atoms with van der Waals surface area (Å²) in [5.41, 5.74) is 0.938. The standard InChI is InChI=1S/C15H19NO3S/c1-12(17)20-11-3-10-16-15(18)9-6-13-4-7-14(19-2)8-5-13/h4-9H,3,10-11H2,1-2H3,(H,16,18)/b9-6+. The maximum atomic E-state index is 11.5. The molecule has 0 saturated carbocycles. The Balaban J connectivity index is 2.26. The smallest absolute Gasteiger partial charge is 0.243 e. The number of thioether (sulfide) groups is 1. The Bertz CT molecular complexity index is 469. The quantitative estimate of drug-likeness (QED) is 0.620. The minimum atomic E-state index is -0.131. The summed E-state index contributed by atoms with van der Waals surface area (Å²) in [6.07, 6.45) is 4.03. The molecule has 1 aromatic rings. The SMILES string of the molecule is COc1ccc(/C=C/C(=O)NCCCSC(C)=O)cc1. The van der Waals surface area contributed by atoms with Crippen LogP contribution in [0, 0.1) is 0 Å². The molecule has 0 unspecified atom stereocenters. The molecule has 4 nitrogen and oxygen atoms in total. The van der Waals surface area contributed by atoms with Crippen LogP contribution in [0.1, 0.15) is 18.9 Å². The van der Waals surface area contributed by atoms with Crippen molar-refractivity contribution >= 4 is 28.9 Å². The van der Waals surface area contributed by atoms with E-state index in [-0.39, 0.29) is 11.0 Å². The van der Waals surface area contributed by atoms with Crippen LogP contribution >= 0.6 is 11.8 Å². The first-order valence-corrected chi connectivity index (χ1v) is 7.33. The fraction of sp³-hybridized carbons (Fsp3) is 0.333. The van der Waals surface area contributed by atoms with Gasteiger partial charge in [-0.05, 0) is 30.2 Å². The summed E-state index contributed by atoms with van der Waals surface area (Å²) in [5.74, 6) is 1.39. The molecule has 0 heterocycles. The fourth-order valence-corrected chi connectivity index (χ4v) is 2.02. The molecule has 0 radical (unpaired) electrons. The van der Waals surface area contributed by atoms with Gasteiger partial charge in [-0.25, -0.2) is 0 Å². The predicted octanol–water partition coefficient (Wildman–Crippen LogP) is 2.49. The van der Waals surface area contributed by atoms with E-state index in [0.717, 1.165) is 23.5 Å². The van der Waals surface area contributed by atoms with E-state index in [1.54, 1.807) is 20.1 Å². The lowest BCUT2D eigenvalue weighted by Gasteiger charge is -2.01. The van der Waals surface area contributed by atoms with Gasteiger partial charge in [-0.2, -0.15) is 0 Å². The van der Waals surface area contributed by atoms with Gasteiger partial charge in [0.1, 0.15) is 5.75 Å². The lowest BCUT2D eigenvalue weighted by Crippen LogP contribution is -2.22. The van der Waals surface area contributed by atoms with Gasteiger partial charge in [0.15, 0.2) is 5.12 Å². The minimum absolute atomic E-state index is 0.107. The molecule has 5 heteroatoms. The highest BCUT2D eigenvalue weighted by molar-refractivity contribution is 8.13. The molecule has 1 aromatic carbocycles. The molecule has 0 aromatic heterocycles. The van der Waals surface area contributed by atoms with E-state index >= 15 is 0 Å². The number of carbonyl (C=O) groups is 2. The van der Waals surface area contributed by atoms with Gasteiger partial charge >= 0.3 is 0 Å². The van der Waals surface area contributed by atoms with Crippen LogP contribution in [-0.4, -0.2) is 30.4 Å². The van der Waals surface area contributed by atoms with E-state index < -0.39 is 0 Å². The first-order chi connectivity index (χ1) is 9.61. The highest BCUT2D eigenvalue weighted by Gasteiger charge is 1.97. The van der Waals surface area contributed by atoms with Crippen molar-refractivity contribution in [3.05, 3.63) is 35.9 Å². The van der Waals surface area contributed by atoms with Crippen LogP contribution in [0.5, 0.6) is 5.75 Å². The van der Waals surface area contributed by atoms with Crippen molar-refractivity contribution in [2.75, 3.05) is 19.4 Å². The Labute approximate surface area is 123 Å². The number of benzene rings is 1. The van der Waals surface area contributed by atoms with Crippen molar-refractivity contribution in [2.45, 2.75) is 13.3 Å². The van der Waals surface area contributed by atoms with Gasteiger partial charge in [0, 0.05) is 25.3 Å². The van der Waals surface area contributed by atoms with Gasteiger partial charge in [0.25, 0.3) is 0 Å². The molecule has 0 saturated heterocycles. The van der Waals surface area contributed by atoms with Crippen molar-refractivity contribution in [3.8, 4) is 5.75 Å². The van der Waals surface area contributed by atoms with E-state index in [2.05, 4.69) is 5.32 Å². The third-order valence-corrected chi connectivity index (χ3v) is 3.37. The third kappa shape index (κ3) is 6.99. The zero-order valence-electron chi connectivity index (χ0n) is 11.7. The highest BCUT2D eigenvalue weighted by Crippen LogP contribution is 2.12. The summed E-state index contributed by atoms with van der Waals surface area (Å²) in [5, 5.41) is 2.88. The number of nitrogens with one attached hydrogen (secondary N) is 1. The number of methoxy groups -OCH3 is 1. The van der Waals surface area contributed by atoms with Crippen LogP contribution < -0.4 is 10.1 Å².